The largest absolute Gasteiger partial charge is 0.460 e. The first-order chi connectivity index (χ1) is 12.5. The normalized spacial score (nSPS) is 17.8. The number of carbonyl (C=O) groups excluding carboxylic acids is 1. The number of esters is 1. The van der Waals surface area contributed by atoms with Gasteiger partial charge in [-0.15, -0.1) is 23.2 Å². The Bertz CT molecular complexity index is 1050. The highest BCUT2D eigenvalue weighted by Gasteiger charge is 2.52. The minimum Gasteiger partial charge on any atom is -0.460 e. The van der Waals surface area contributed by atoms with Crippen LogP contribution in [0.25, 0.3) is 16.5 Å². The standard InChI is InChI=1S/C19H14Cl2N2O3/c20-19(21)10-12(19)11-26-18(25)16-14-8-4-5-9-15(14)17(24)23(22-16)13-6-2-1-3-7-13/h1-9,12H,10-11H2/t12-/m1/s1. The minimum atomic E-state index is -0.821. The van der Waals surface area contributed by atoms with Gasteiger partial charge in [-0.2, -0.15) is 9.78 Å². The molecule has 132 valence electrons. The van der Waals surface area contributed by atoms with Crippen LogP contribution in [0.2, 0.25) is 0 Å². The van der Waals surface area contributed by atoms with E-state index in [4.69, 9.17) is 27.9 Å². The van der Waals surface area contributed by atoms with Crippen molar-refractivity contribution in [1.82, 2.24) is 9.78 Å². The molecular weight excluding hydrogens is 375 g/mol. The quantitative estimate of drug-likeness (QED) is 0.504. The first-order valence-corrected chi connectivity index (χ1v) is 8.85. The van der Waals surface area contributed by atoms with E-state index in [0.717, 1.165) is 0 Å². The van der Waals surface area contributed by atoms with Crippen molar-refractivity contribution in [2.45, 2.75) is 10.8 Å². The highest BCUT2D eigenvalue weighted by molar-refractivity contribution is 6.50. The van der Waals surface area contributed by atoms with Crippen molar-refractivity contribution in [2.24, 2.45) is 5.92 Å². The highest BCUT2D eigenvalue weighted by atomic mass is 35.5. The maximum atomic E-state index is 12.8. The second-order valence-corrected chi connectivity index (χ2v) is 7.75. The maximum Gasteiger partial charge on any atom is 0.359 e. The Balaban J connectivity index is 1.77. The molecule has 0 bridgehead atoms. The van der Waals surface area contributed by atoms with Crippen LogP contribution < -0.4 is 5.56 Å². The Morgan fingerprint density at radius 3 is 2.38 bits per heavy atom. The predicted molar refractivity (Wildman–Crippen MR) is 100 cm³/mol. The van der Waals surface area contributed by atoms with Gasteiger partial charge in [-0.1, -0.05) is 36.4 Å². The van der Waals surface area contributed by atoms with E-state index in [9.17, 15) is 9.59 Å². The summed E-state index contributed by atoms with van der Waals surface area (Å²) in [5.41, 5.74) is 0.352. The van der Waals surface area contributed by atoms with Gasteiger partial charge in [-0.25, -0.2) is 4.79 Å². The maximum absolute atomic E-state index is 12.8. The molecule has 3 aromatic rings. The third-order valence-corrected chi connectivity index (χ3v) is 5.30. The van der Waals surface area contributed by atoms with Crippen LogP contribution in [0.1, 0.15) is 16.9 Å². The molecule has 0 saturated heterocycles. The number of rotatable bonds is 4. The lowest BCUT2D eigenvalue weighted by Gasteiger charge is -2.11. The highest BCUT2D eigenvalue weighted by Crippen LogP contribution is 2.53. The molecule has 0 radical (unpaired) electrons. The van der Waals surface area contributed by atoms with Gasteiger partial charge in [0.25, 0.3) is 5.56 Å². The summed E-state index contributed by atoms with van der Waals surface area (Å²) in [5.74, 6) is -0.692. The molecule has 5 nitrogen and oxygen atoms in total. The molecule has 0 amide bonds. The van der Waals surface area contributed by atoms with Crippen molar-refractivity contribution in [3.63, 3.8) is 0 Å². The van der Waals surface area contributed by atoms with Crippen LogP contribution in [0.5, 0.6) is 0 Å². The Morgan fingerprint density at radius 2 is 1.73 bits per heavy atom. The molecule has 1 aliphatic rings. The molecule has 1 atom stereocenters. The van der Waals surface area contributed by atoms with Crippen molar-refractivity contribution in [2.75, 3.05) is 6.61 Å². The zero-order valence-electron chi connectivity index (χ0n) is 13.6. The number of benzene rings is 2. The average Bonchev–Trinajstić information content (AvgIpc) is 3.27. The van der Waals surface area contributed by atoms with Crippen LogP contribution >= 0.6 is 23.2 Å². The molecule has 2 aromatic carbocycles. The summed E-state index contributed by atoms with van der Waals surface area (Å²) < 4.78 is 5.73. The van der Waals surface area contributed by atoms with Gasteiger partial charge < -0.3 is 4.74 Å². The first-order valence-electron chi connectivity index (χ1n) is 8.10. The van der Waals surface area contributed by atoms with Crippen LogP contribution in [-0.4, -0.2) is 26.7 Å². The summed E-state index contributed by atoms with van der Waals surface area (Å²) in [6.45, 7) is 0.117. The molecule has 1 saturated carbocycles. The van der Waals surface area contributed by atoms with Crippen molar-refractivity contribution in [3.05, 3.63) is 70.6 Å². The van der Waals surface area contributed by atoms with Gasteiger partial charge in [0.05, 0.1) is 17.7 Å². The summed E-state index contributed by atoms with van der Waals surface area (Å²) in [6, 6.07) is 15.8. The van der Waals surface area contributed by atoms with Gasteiger partial charge in [-0.05, 0) is 24.6 Å². The van der Waals surface area contributed by atoms with Gasteiger partial charge in [-0.3, -0.25) is 4.79 Å². The number of hydrogen-bond acceptors (Lipinski definition) is 4. The van der Waals surface area contributed by atoms with Gasteiger partial charge in [0, 0.05) is 11.3 Å². The predicted octanol–water partition coefficient (Wildman–Crippen LogP) is 3.74. The number of fused-ring (bicyclic) bond motifs is 1. The molecule has 4 rings (SSSR count). The van der Waals surface area contributed by atoms with Crippen LogP contribution in [0.4, 0.5) is 0 Å². The molecule has 26 heavy (non-hydrogen) atoms. The van der Waals surface area contributed by atoms with Crippen LogP contribution in [0, 0.1) is 5.92 Å². The lowest BCUT2D eigenvalue weighted by molar-refractivity contribution is 0.0479. The number of para-hydroxylation sites is 1. The van der Waals surface area contributed by atoms with Crippen LogP contribution in [0.15, 0.2) is 59.4 Å². The average molecular weight is 389 g/mol. The zero-order chi connectivity index (χ0) is 18.3. The lowest BCUT2D eigenvalue weighted by atomic mass is 10.1. The lowest BCUT2D eigenvalue weighted by Crippen LogP contribution is -2.25. The van der Waals surface area contributed by atoms with Crippen LogP contribution in [0.3, 0.4) is 0 Å². The number of aromatic nitrogens is 2. The molecule has 1 aliphatic carbocycles. The smallest absolute Gasteiger partial charge is 0.359 e. The van der Waals surface area contributed by atoms with E-state index in [-0.39, 0.29) is 23.8 Å². The molecule has 1 aromatic heterocycles. The van der Waals surface area contributed by atoms with E-state index in [0.29, 0.717) is 22.9 Å². The topological polar surface area (TPSA) is 61.2 Å². The third kappa shape index (κ3) is 3.08. The molecule has 0 unspecified atom stereocenters. The van der Waals surface area contributed by atoms with E-state index in [1.54, 1.807) is 48.5 Å². The summed E-state index contributed by atoms with van der Waals surface area (Å²) in [6.07, 6.45) is 0.584. The second kappa shape index (κ2) is 6.41. The zero-order valence-corrected chi connectivity index (χ0v) is 15.1. The van der Waals surface area contributed by atoms with E-state index in [1.807, 2.05) is 6.07 Å². The fourth-order valence-corrected chi connectivity index (χ4v) is 3.28. The fourth-order valence-electron chi connectivity index (χ4n) is 2.78. The Kier molecular flexibility index (Phi) is 4.21. The summed E-state index contributed by atoms with van der Waals surface area (Å²) in [4.78, 5) is 25.4. The number of halogens is 2. The van der Waals surface area contributed by atoms with E-state index >= 15 is 0 Å². The fraction of sp³-hybridized carbons (Fsp3) is 0.211. The number of ether oxygens (including phenoxy) is 1. The summed E-state index contributed by atoms with van der Waals surface area (Å²) in [5, 5.41) is 5.12. The van der Waals surface area contributed by atoms with E-state index in [2.05, 4.69) is 5.10 Å². The van der Waals surface area contributed by atoms with Crippen molar-refractivity contribution in [3.8, 4) is 5.69 Å². The number of carbonyl (C=O) groups is 1. The van der Waals surface area contributed by atoms with Crippen molar-refractivity contribution >= 4 is 39.9 Å². The van der Waals surface area contributed by atoms with E-state index < -0.39 is 10.3 Å². The number of hydrogen-bond donors (Lipinski definition) is 0. The molecule has 1 fully saturated rings. The number of alkyl halides is 2. The molecule has 7 heteroatoms. The van der Waals surface area contributed by atoms with Gasteiger partial charge >= 0.3 is 5.97 Å². The van der Waals surface area contributed by atoms with Gasteiger partial charge in [0.1, 0.15) is 4.33 Å². The molecule has 0 aliphatic heterocycles. The Hall–Kier alpha value is -2.37. The Labute approximate surface area is 159 Å². The second-order valence-electron chi connectivity index (χ2n) is 6.21. The summed E-state index contributed by atoms with van der Waals surface area (Å²) in [7, 11) is 0. The van der Waals surface area contributed by atoms with Crippen LogP contribution in [-0.2, 0) is 4.74 Å². The molecule has 1 heterocycles. The van der Waals surface area contributed by atoms with Crippen molar-refractivity contribution in [1.29, 1.82) is 0 Å². The summed E-state index contributed by atoms with van der Waals surface area (Å²) >= 11 is 11.9. The van der Waals surface area contributed by atoms with Gasteiger partial charge in [0.15, 0.2) is 5.69 Å². The molecular formula is C19H14Cl2N2O3. The monoisotopic (exact) mass is 388 g/mol. The Morgan fingerprint density at radius 1 is 1.12 bits per heavy atom. The van der Waals surface area contributed by atoms with Crippen molar-refractivity contribution < 1.29 is 9.53 Å². The minimum absolute atomic E-state index is 0.0823. The van der Waals surface area contributed by atoms with E-state index in [1.165, 1.54) is 4.68 Å². The first kappa shape index (κ1) is 17.1. The third-order valence-electron chi connectivity index (χ3n) is 4.37. The molecule has 0 spiro atoms. The SMILES string of the molecule is O=C(OC[C@H]1CC1(Cl)Cl)c1nn(-c2ccccc2)c(=O)c2ccccc12. The van der Waals surface area contributed by atoms with Gasteiger partial charge in [0.2, 0.25) is 0 Å². The number of nitrogens with zero attached hydrogens (tertiary/aromatic N) is 2. The molecule has 0 N–H and O–H groups in total.